The Morgan fingerprint density at radius 1 is 1.40 bits per heavy atom. The summed E-state index contributed by atoms with van der Waals surface area (Å²) < 4.78 is 5.04. The largest absolute Gasteiger partial charge is 0.383 e. The van der Waals surface area contributed by atoms with Gasteiger partial charge in [-0.3, -0.25) is 9.78 Å². The molecule has 1 aromatic heterocycles. The van der Waals surface area contributed by atoms with Crippen molar-refractivity contribution in [3.8, 4) is 0 Å². The van der Waals surface area contributed by atoms with Crippen LogP contribution in [0, 0.1) is 26.7 Å². The Hall–Kier alpha value is -1.42. The zero-order valence-corrected chi connectivity index (χ0v) is 12.9. The lowest BCUT2D eigenvalue weighted by Gasteiger charge is -2.16. The number of carbonyl (C=O) groups is 1. The van der Waals surface area contributed by atoms with Crippen LogP contribution in [0.4, 0.5) is 0 Å². The normalized spacial score (nSPS) is 18.9. The Balaban J connectivity index is 1.99. The average molecular weight is 276 g/mol. The SMILES string of the molecule is COCCN1C[C@@H](Cc2cc(C)c(C)c(C)n2)CC1=O. The first-order valence-electron chi connectivity index (χ1n) is 7.21. The summed E-state index contributed by atoms with van der Waals surface area (Å²) in [5.41, 5.74) is 4.75. The molecule has 1 atom stereocenters. The average Bonchev–Trinajstić information content (AvgIpc) is 2.73. The van der Waals surface area contributed by atoms with Gasteiger partial charge in [0, 0.05) is 38.0 Å². The number of pyridine rings is 1. The number of methoxy groups -OCH3 is 1. The number of carbonyl (C=O) groups excluding carboxylic acids is 1. The van der Waals surface area contributed by atoms with Gasteiger partial charge in [0.05, 0.1) is 6.61 Å². The van der Waals surface area contributed by atoms with E-state index in [4.69, 9.17) is 4.74 Å². The highest BCUT2D eigenvalue weighted by Crippen LogP contribution is 2.22. The Morgan fingerprint density at radius 3 is 2.80 bits per heavy atom. The number of amides is 1. The maximum absolute atomic E-state index is 11.9. The van der Waals surface area contributed by atoms with Gasteiger partial charge in [0.25, 0.3) is 0 Å². The Morgan fingerprint density at radius 2 is 2.15 bits per heavy atom. The maximum Gasteiger partial charge on any atom is 0.223 e. The van der Waals surface area contributed by atoms with Crippen LogP contribution in [0.2, 0.25) is 0 Å². The Labute approximate surface area is 121 Å². The molecule has 1 aliphatic heterocycles. The standard InChI is InChI=1S/C16H24N2O2/c1-11-7-15(17-13(3)12(11)2)8-14-9-16(19)18(10-14)5-6-20-4/h7,14H,5-6,8-10H2,1-4H3/t14-/m0/s1. The van der Waals surface area contributed by atoms with E-state index < -0.39 is 0 Å². The predicted octanol–water partition coefficient (Wildman–Crippen LogP) is 2.04. The lowest BCUT2D eigenvalue weighted by atomic mass is 9.99. The van der Waals surface area contributed by atoms with Crippen molar-refractivity contribution in [1.82, 2.24) is 9.88 Å². The molecule has 2 heterocycles. The van der Waals surface area contributed by atoms with Crippen LogP contribution in [0.1, 0.15) is 28.9 Å². The molecular weight excluding hydrogens is 252 g/mol. The summed E-state index contributed by atoms with van der Waals surface area (Å²) in [6.07, 6.45) is 1.52. The lowest BCUT2D eigenvalue weighted by molar-refractivity contribution is -0.128. The van der Waals surface area contributed by atoms with Gasteiger partial charge in [0.15, 0.2) is 0 Å². The minimum Gasteiger partial charge on any atom is -0.383 e. The Kier molecular flexibility index (Phi) is 4.76. The van der Waals surface area contributed by atoms with Crippen LogP contribution in [0.25, 0.3) is 0 Å². The van der Waals surface area contributed by atoms with Gasteiger partial charge < -0.3 is 9.64 Å². The highest BCUT2D eigenvalue weighted by Gasteiger charge is 2.29. The van der Waals surface area contributed by atoms with Gasteiger partial charge in [-0.05, 0) is 50.3 Å². The molecule has 0 unspecified atom stereocenters. The van der Waals surface area contributed by atoms with Crippen molar-refractivity contribution in [2.75, 3.05) is 26.8 Å². The molecule has 2 rings (SSSR count). The maximum atomic E-state index is 11.9. The highest BCUT2D eigenvalue weighted by molar-refractivity contribution is 5.78. The van der Waals surface area contributed by atoms with E-state index in [1.807, 2.05) is 4.90 Å². The fraction of sp³-hybridized carbons (Fsp3) is 0.625. The second kappa shape index (κ2) is 6.35. The number of aromatic nitrogens is 1. The van der Waals surface area contributed by atoms with Crippen LogP contribution in [0.15, 0.2) is 6.07 Å². The molecule has 4 heteroatoms. The number of ether oxygens (including phenoxy) is 1. The third-order valence-corrected chi connectivity index (χ3v) is 4.19. The van der Waals surface area contributed by atoms with Gasteiger partial charge in [0.2, 0.25) is 5.91 Å². The van der Waals surface area contributed by atoms with E-state index >= 15 is 0 Å². The summed E-state index contributed by atoms with van der Waals surface area (Å²) in [6, 6.07) is 2.16. The number of nitrogens with zero attached hydrogens (tertiary/aromatic N) is 2. The zero-order chi connectivity index (χ0) is 14.7. The summed E-state index contributed by atoms with van der Waals surface area (Å²) in [6.45, 7) is 8.42. The fourth-order valence-corrected chi connectivity index (χ4v) is 2.78. The van der Waals surface area contributed by atoms with E-state index in [1.165, 1.54) is 11.1 Å². The van der Waals surface area contributed by atoms with Crippen LogP contribution in [0.5, 0.6) is 0 Å². The molecule has 1 saturated heterocycles. The van der Waals surface area contributed by atoms with Gasteiger partial charge in [-0.25, -0.2) is 0 Å². The first-order chi connectivity index (χ1) is 9.51. The summed E-state index contributed by atoms with van der Waals surface area (Å²) in [5.74, 6) is 0.626. The van der Waals surface area contributed by atoms with Crippen molar-refractivity contribution in [2.45, 2.75) is 33.6 Å². The fourth-order valence-electron chi connectivity index (χ4n) is 2.78. The molecule has 0 aromatic carbocycles. The van der Waals surface area contributed by atoms with Gasteiger partial charge in [-0.15, -0.1) is 0 Å². The van der Waals surface area contributed by atoms with Crippen LogP contribution in [-0.4, -0.2) is 42.6 Å². The summed E-state index contributed by atoms with van der Waals surface area (Å²) >= 11 is 0. The van der Waals surface area contributed by atoms with Gasteiger partial charge >= 0.3 is 0 Å². The van der Waals surface area contributed by atoms with Crippen LogP contribution in [-0.2, 0) is 16.0 Å². The third-order valence-electron chi connectivity index (χ3n) is 4.19. The van der Waals surface area contributed by atoms with E-state index in [0.29, 0.717) is 25.5 Å². The number of aryl methyl sites for hydroxylation is 2. The minimum atomic E-state index is 0.243. The number of hydrogen-bond acceptors (Lipinski definition) is 3. The number of rotatable bonds is 5. The minimum absolute atomic E-state index is 0.243. The molecule has 1 aliphatic rings. The van der Waals surface area contributed by atoms with Gasteiger partial charge in [-0.2, -0.15) is 0 Å². The number of likely N-dealkylation sites (tertiary alicyclic amines) is 1. The number of hydrogen-bond donors (Lipinski definition) is 0. The molecule has 0 radical (unpaired) electrons. The molecular formula is C16H24N2O2. The molecule has 0 spiro atoms. The van der Waals surface area contributed by atoms with E-state index in [1.54, 1.807) is 7.11 Å². The predicted molar refractivity (Wildman–Crippen MR) is 78.7 cm³/mol. The summed E-state index contributed by atoms with van der Waals surface area (Å²) in [4.78, 5) is 18.5. The smallest absolute Gasteiger partial charge is 0.223 e. The van der Waals surface area contributed by atoms with Crippen LogP contribution >= 0.6 is 0 Å². The molecule has 1 fully saturated rings. The van der Waals surface area contributed by atoms with Crippen molar-refractivity contribution in [3.05, 3.63) is 28.6 Å². The molecule has 4 nitrogen and oxygen atoms in total. The van der Waals surface area contributed by atoms with E-state index in [-0.39, 0.29) is 5.91 Å². The molecule has 0 saturated carbocycles. The second-order valence-corrected chi connectivity index (χ2v) is 5.75. The molecule has 1 aromatic rings. The highest BCUT2D eigenvalue weighted by atomic mass is 16.5. The first kappa shape index (κ1) is 15.0. The van der Waals surface area contributed by atoms with Crippen molar-refractivity contribution >= 4 is 5.91 Å². The molecule has 110 valence electrons. The van der Waals surface area contributed by atoms with Crippen LogP contribution in [0.3, 0.4) is 0 Å². The van der Waals surface area contributed by atoms with Gasteiger partial charge in [0.1, 0.15) is 0 Å². The summed E-state index contributed by atoms with van der Waals surface area (Å²) in [5, 5.41) is 0. The van der Waals surface area contributed by atoms with Crippen molar-refractivity contribution in [2.24, 2.45) is 5.92 Å². The van der Waals surface area contributed by atoms with E-state index in [0.717, 1.165) is 24.4 Å². The van der Waals surface area contributed by atoms with Crippen molar-refractivity contribution in [1.29, 1.82) is 0 Å². The van der Waals surface area contributed by atoms with Crippen molar-refractivity contribution in [3.63, 3.8) is 0 Å². The molecule has 1 amide bonds. The lowest BCUT2D eigenvalue weighted by Crippen LogP contribution is -2.29. The summed E-state index contributed by atoms with van der Waals surface area (Å²) in [7, 11) is 1.67. The Bertz CT molecular complexity index is 476. The molecule has 0 aliphatic carbocycles. The third kappa shape index (κ3) is 3.37. The monoisotopic (exact) mass is 276 g/mol. The topological polar surface area (TPSA) is 42.4 Å². The quantitative estimate of drug-likeness (QED) is 0.826. The molecule has 20 heavy (non-hydrogen) atoms. The van der Waals surface area contributed by atoms with Gasteiger partial charge in [-0.1, -0.05) is 0 Å². The van der Waals surface area contributed by atoms with Crippen molar-refractivity contribution < 1.29 is 9.53 Å². The first-order valence-corrected chi connectivity index (χ1v) is 7.21. The zero-order valence-electron chi connectivity index (χ0n) is 12.9. The molecule has 0 N–H and O–H groups in total. The second-order valence-electron chi connectivity index (χ2n) is 5.75. The van der Waals surface area contributed by atoms with E-state index in [2.05, 4.69) is 31.8 Å². The van der Waals surface area contributed by atoms with E-state index in [9.17, 15) is 4.79 Å². The molecule has 0 bridgehead atoms. The van der Waals surface area contributed by atoms with Crippen LogP contribution < -0.4 is 0 Å².